The van der Waals surface area contributed by atoms with Crippen molar-refractivity contribution >= 4 is 5.97 Å². The summed E-state index contributed by atoms with van der Waals surface area (Å²) < 4.78 is 4.52. The van der Waals surface area contributed by atoms with Crippen molar-refractivity contribution in [1.29, 1.82) is 0 Å². The van der Waals surface area contributed by atoms with Gasteiger partial charge >= 0.3 is 51.4 Å². The topological polar surface area (TPSA) is 66.2 Å². The first-order valence-electron chi connectivity index (χ1n) is 3.45. The average Bonchev–Trinajstić information content (AvgIpc) is 2.68. The molecule has 12 heavy (non-hydrogen) atoms. The van der Waals surface area contributed by atoms with E-state index in [-0.39, 0.29) is 57.1 Å². The van der Waals surface area contributed by atoms with Gasteiger partial charge in [-0.15, -0.1) is 0 Å². The maximum absolute atomic E-state index is 10.2. The van der Waals surface area contributed by atoms with Crippen molar-refractivity contribution in [3.8, 4) is 0 Å². The molecule has 1 saturated carbocycles. The first-order chi connectivity index (χ1) is 5.27. The second-order valence-electron chi connectivity index (χ2n) is 2.68. The molecule has 0 atom stereocenters. The summed E-state index contributed by atoms with van der Waals surface area (Å²) in [5, 5.41) is 13.8. The summed E-state index contributed by atoms with van der Waals surface area (Å²) in [4.78, 5) is 10.2. The molecule has 0 spiro atoms. The van der Waals surface area contributed by atoms with Crippen LogP contribution in [0.2, 0.25) is 0 Å². The molecule has 1 fully saturated rings. The Morgan fingerprint density at radius 1 is 1.67 bits per heavy atom. The molecule has 5 heteroatoms. The summed E-state index contributed by atoms with van der Waals surface area (Å²) in [6.07, 6.45) is 2.16. The predicted molar refractivity (Wildman–Crippen MR) is 32.8 cm³/mol. The number of hydrogen-bond donors (Lipinski definition) is 0. The van der Waals surface area contributed by atoms with Crippen LogP contribution in [0.3, 0.4) is 0 Å². The Kier molecular flexibility index (Phi) is 3.48. The number of carbonyl (C=O) groups excluding carboxylic acids is 1. The van der Waals surface area contributed by atoms with Crippen molar-refractivity contribution in [1.82, 2.24) is 5.16 Å². The monoisotopic (exact) mass is 191 g/mol. The fourth-order valence-electron chi connectivity index (χ4n) is 0.957. The van der Waals surface area contributed by atoms with Crippen LogP contribution in [0.5, 0.6) is 0 Å². The Hall–Kier alpha value is 0.316. The molecule has 1 aromatic rings. The molecular formula is C7H6KNO3. The van der Waals surface area contributed by atoms with E-state index in [1.165, 1.54) is 6.07 Å². The van der Waals surface area contributed by atoms with Crippen molar-refractivity contribution in [2.45, 2.75) is 18.8 Å². The van der Waals surface area contributed by atoms with E-state index in [1.807, 2.05) is 0 Å². The summed E-state index contributed by atoms with van der Waals surface area (Å²) in [6, 6.07) is 1.44. The van der Waals surface area contributed by atoms with Crippen LogP contribution in [-0.2, 0) is 0 Å². The summed E-state index contributed by atoms with van der Waals surface area (Å²) >= 11 is 0. The average molecular weight is 191 g/mol. The van der Waals surface area contributed by atoms with Gasteiger partial charge in [-0.1, -0.05) is 5.16 Å². The van der Waals surface area contributed by atoms with E-state index in [0.29, 0.717) is 5.92 Å². The van der Waals surface area contributed by atoms with Crippen molar-refractivity contribution in [2.75, 3.05) is 0 Å². The Bertz CT molecular complexity index is 293. The minimum atomic E-state index is -1.30. The van der Waals surface area contributed by atoms with E-state index in [9.17, 15) is 9.90 Å². The normalized spacial score (nSPS) is 15.3. The standard InChI is InChI=1S/C7H7NO3.K/c9-7(10)6-3-5(8-11-6)4-1-2-4;/h3-4H,1-2H2,(H,9,10);/q;+1/p-1. The molecule has 1 aliphatic rings. The Morgan fingerprint density at radius 3 is 2.75 bits per heavy atom. The van der Waals surface area contributed by atoms with Gasteiger partial charge in [0.2, 0.25) is 0 Å². The van der Waals surface area contributed by atoms with Gasteiger partial charge < -0.3 is 14.4 Å². The number of nitrogens with zero attached hydrogens (tertiary/aromatic N) is 1. The maximum Gasteiger partial charge on any atom is 1.00 e. The molecule has 1 heterocycles. The third-order valence-corrected chi connectivity index (χ3v) is 1.73. The molecular weight excluding hydrogens is 185 g/mol. The van der Waals surface area contributed by atoms with Crippen molar-refractivity contribution in [3.63, 3.8) is 0 Å². The van der Waals surface area contributed by atoms with Gasteiger partial charge in [0, 0.05) is 12.0 Å². The molecule has 0 amide bonds. The minimum absolute atomic E-state index is 0. The molecule has 0 bridgehead atoms. The second kappa shape index (κ2) is 4.02. The van der Waals surface area contributed by atoms with Crippen LogP contribution >= 0.6 is 0 Å². The third kappa shape index (κ3) is 2.17. The number of carbonyl (C=O) groups is 1. The van der Waals surface area contributed by atoms with Gasteiger partial charge in [0.05, 0.1) is 5.69 Å². The van der Waals surface area contributed by atoms with Gasteiger partial charge in [0.25, 0.3) is 0 Å². The van der Waals surface area contributed by atoms with Gasteiger partial charge in [-0.25, -0.2) is 0 Å². The molecule has 0 saturated heterocycles. The summed E-state index contributed by atoms with van der Waals surface area (Å²) in [5.74, 6) is -1.05. The number of hydrogen-bond acceptors (Lipinski definition) is 4. The number of aromatic nitrogens is 1. The van der Waals surface area contributed by atoms with Gasteiger partial charge in [-0.3, -0.25) is 0 Å². The van der Waals surface area contributed by atoms with Gasteiger partial charge in [-0.2, -0.15) is 0 Å². The minimum Gasteiger partial charge on any atom is -0.541 e. The van der Waals surface area contributed by atoms with E-state index in [0.717, 1.165) is 18.5 Å². The molecule has 0 N–H and O–H groups in total. The molecule has 0 aliphatic heterocycles. The number of carboxylic acid groups (broad SMARTS) is 1. The molecule has 1 aliphatic carbocycles. The fraction of sp³-hybridized carbons (Fsp3) is 0.429. The van der Waals surface area contributed by atoms with Crippen LogP contribution in [0.4, 0.5) is 0 Å². The van der Waals surface area contributed by atoms with Crippen molar-refractivity contribution < 1.29 is 65.8 Å². The molecule has 2 rings (SSSR count). The summed E-state index contributed by atoms with van der Waals surface area (Å²) in [6.45, 7) is 0. The van der Waals surface area contributed by atoms with E-state index in [2.05, 4.69) is 9.68 Å². The Morgan fingerprint density at radius 2 is 2.33 bits per heavy atom. The maximum atomic E-state index is 10.2. The molecule has 58 valence electrons. The zero-order valence-corrected chi connectivity index (χ0v) is 9.86. The Balaban J connectivity index is 0.000000720. The SMILES string of the molecule is O=C([O-])c1cc(C2CC2)no1.[K+]. The van der Waals surface area contributed by atoms with Crippen LogP contribution in [-0.4, -0.2) is 11.1 Å². The van der Waals surface area contributed by atoms with Crippen LogP contribution < -0.4 is 56.5 Å². The fourth-order valence-corrected chi connectivity index (χ4v) is 0.957. The second-order valence-corrected chi connectivity index (χ2v) is 2.68. The van der Waals surface area contributed by atoms with E-state index in [4.69, 9.17) is 0 Å². The zero-order valence-electron chi connectivity index (χ0n) is 6.74. The number of carboxylic acids is 1. The Labute approximate surface area is 112 Å². The van der Waals surface area contributed by atoms with Crippen molar-refractivity contribution in [3.05, 3.63) is 17.5 Å². The third-order valence-electron chi connectivity index (χ3n) is 1.73. The predicted octanol–water partition coefficient (Wildman–Crippen LogP) is -3.08. The molecule has 0 radical (unpaired) electrons. The molecule has 1 aromatic heterocycles. The van der Waals surface area contributed by atoms with Crippen molar-refractivity contribution in [2.24, 2.45) is 0 Å². The van der Waals surface area contributed by atoms with Gasteiger partial charge in [0.1, 0.15) is 5.97 Å². The smallest absolute Gasteiger partial charge is 0.541 e. The van der Waals surface area contributed by atoms with E-state index in [1.54, 1.807) is 0 Å². The summed E-state index contributed by atoms with van der Waals surface area (Å²) in [5.41, 5.74) is 0.740. The van der Waals surface area contributed by atoms with Gasteiger partial charge in [-0.05, 0) is 12.8 Å². The number of rotatable bonds is 2. The number of aromatic carboxylic acids is 1. The first kappa shape index (κ1) is 10.4. The quantitative estimate of drug-likeness (QED) is 0.465. The zero-order chi connectivity index (χ0) is 7.84. The first-order valence-corrected chi connectivity index (χ1v) is 3.45. The van der Waals surface area contributed by atoms with Crippen LogP contribution in [0.1, 0.15) is 35.0 Å². The molecule has 0 unspecified atom stereocenters. The van der Waals surface area contributed by atoms with Gasteiger partial charge in [0.15, 0.2) is 5.76 Å². The molecule has 4 nitrogen and oxygen atoms in total. The molecule has 0 aromatic carbocycles. The van der Waals surface area contributed by atoms with E-state index < -0.39 is 5.97 Å². The van der Waals surface area contributed by atoms with Crippen LogP contribution in [0.25, 0.3) is 0 Å². The largest absolute Gasteiger partial charge is 1.00 e. The van der Waals surface area contributed by atoms with Crippen LogP contribution in [0, 0.1) is 0 Å². The van der Waals surface area contributed by atoms with E-state index >= 15 is 0 Å². The summed E-state index contributed by atoms with van der Waals surface area (Å²) in [7, 11) is 0. The van der Waals surface area contributed by atoms with Crippen LogP contribution in [0.15, 0.2) is 10.6 Å².